The molecular weight excluding hydrogens is 218 g/mol. The average molecular weight is 237 g/mol. The number of likely N-dealkylation sites (tertiary alicyclic amines) is 1. The fourth-order valence-corrected chi connectivity index (χ4v) is 2.56. The van der Waals surface area contributed by atoms with Crippen LogP contribution in [0.15, 0.2) is 0 Å². The fraction of sp³-hybridized carbons (Fsp3) is 0.909. The Hall–Kier alpha value is -1.01. The number of piperidine rings is 1. The molecule has 2 fully saturated rings. The standard InChI is InChI=1S/C11H19N5O/c17-8-9-2-1-5-15(6-9)7-11-12-13-14-16(11)10-3-4-10/h9-10,17H,1-8H2. The molecule has 0 spiro atoms. The molecule has 2 aliphatic rings. The van der Waals surface area contributed by atoms with Crippen LogP contribution in [0.1, 0.15) is 37.5 Å². The molecule has 1 aliphatic carbocycles. The van der Waals surface area contributed by atoms with Crippen LogP contribution in [0.25, 0.3) is 0 Å². The summed E-state index contributed by atoms with van der Waals surface area (Å²) in [5.74, 6) is 1.40. The smallest absolute Gasteiger partial charge is 0.165 e. The summed E-state index contributed by atoms with van der Waals surface area (Å²) in [6.07, 6.45) is 4.71. The Balaban J connectivity index is 1.63. The van der Waals surface area contributed by atoms with Crippen LogP contribution in [0.5, 0.6) is 0 Å². The summed E-state index contributed by atoms with van der Waals surface area (Å²) in [6.45, 7) is 3.17. The van der Waals surface area contributed by atoms with E-state index in [1.807, 2.05) is 4.68 Å². The summed E-state index contributed by atoms with van der Waals surface area (Å²) < 4.78 is 1.97. The van der Waals surface area contributed by atoms with E-state index in [1.54, 1.807) is 0 Å². The summed E-state index contributed by atoms with van der Waals surface area (Å²) >= 11 is 0. The molecule has 1 aromatic rings. The fourth-order valence-electron chi connectivity index (χ4n) is 2.56. The molecule has 1 N–H and O–H groups in total. The largest absolute Gasteiger partial charge is 0.396 e. The molecule has 17 heavy (non-hydrogen) atoms. The van der Waals surface area contributed by atoms with Crippen molar-refractivity contribution in [2.45, 2.75) is 38.3 Å². The number of hydrogen-bond acceptors (Lipinski definition) is 5. The molecule has 6 heteroatoms. The van der Waals surface area contributed by atoms with Gasteiger partial charge in [0.15, 0.2) is 5.82 Å². The van der Waals surface area contributed by atoms with Crippen LogP contribution in [-0.4, -0.2) is 49.9 Å². The zero-order chi connectivity index (χ0) is 11.7. The zero-order valence-corrected chi connectivity index (χ0v) is 9.99. The highest BCUT2D eigenvalue weighted by Crippen LogP contribution is 2.34. The van der Waals surface area contributed by atoms with Gasteiger partial charge < -0.3 is 5.11 Å². The number of aliphatic hydroxyl groups excluding tert-OH is 1. The molecule has 0 aromatic carbocycles. The third-order valence-corrected chi connectivity index (χ3v) is 3.68. The van der Waals surface area contributed by atoms with Gasteiger partial charge in [0.05, 0.1) is 12.6 Å². The molecule has 0 bridgehead atoms. The Morgan fingerprint density at radius 3 is 2.94 bits per heavy atom. The first-order chi connectivity index (χ1) is 8.36. The van der Waals surface area contributed by atoms with Crippen molar-refractivity contribution in [3.8, 4) is 0 Å². The van der Waals surface area contributed by atoms with Crippen molar-refractivity contribution in [2.75, 3.05) is 19.7 Å². The highest BCUT2D eigenvalue weighted by atomic mass is 16.3. The summed E-state index contributed by atoms with van der Waals surface area (Å²) in [6, 6.07) is 0.540. The topological polar surface area (TPSA) is 67.1 Å². The second-order valence-electron chi connectivity index (χ2n) is 5.20. The van der Waals surface area contributed by atoms with Gasteiger partial charge in [0.1, 0.15) is 0 Å². The molecule has 1 atom stereocenters. The summed E-state index contributed by atoms with van der Waals surface area (Å²) in [5, 5.41) is 21.2. The number of tetrazole rings is 1. The summed E-state index contributed by atoms with van der Waals surface area (Å²) in [5.41, 5.74) is 0. The Bertz CT molecular complexity index is 376. The van der Waals surface area contributed by atoms with Gasteiger partial charge in [0.25, 0.3) is 0 Å². The maximum absolute atomic E-state index is 9.22. The van der Waals surface area contributed by atoms with Gasteiger partial charge in [-0.25, -0.2) is 4.68 Å². The van der Waals surface area contributed by atoms with Crippen molar-refractivity contribution in [3.05, 3.63) is 5.82 Å². The van der Waals surface area contributed by atoms with Gasteiger partial charge in [-0.3, -0.25) is 4.90 Å². The molecule has 94 valence electrons. The molecule has 0 radical (unpaired) electrons. The Morgan fingerprint density at radius 1 is 1.29 bits per heavy atom. The van der Waals surface area contributed by atoms with Crippen LogP contribution in [0.4, 0.5) is 0 Å². The van der Waals surface area contributed by atoms with E-state index < -0.39 is 0 Å². The van der Waals surface area contributed by atoms with Gasteiger partial charge in [-0.15, -0.1) is 5.10 Å². The predicted octanol–water partition coefficient (Wildman–Crippen LogP) is 0.212. The number of nitrogens with zero attached hydrogens (tertiary/aromatic N) is 5. The van der Waals surface area contributed by atoms with Crippen molar-refractivity contribution in [3.63, 3.8) is 0 Å². The lowest BCUT2D eigenvalue weighted by atomic mass is 9.99. The van der Waals surface area contributed by atoms with Crippen molar-refractivity contribution in [1.29, 1.82) is 0 Å². The van der Waals surface area contributed by atoms with E-state index in [0.29, 0.717) is 18.6 Å². The summed E-state index contributed by atoms with van der Waals surface area (Å²) in [4.78, 5) is 2.36. The van der Waals surface area contributed by atoms with Crippen LogP contribution in [0.3, 0.4) is 0 Å². The van der Waals surface area contributed by atoms with Gasteiger partial charge in [0, 0.05) is 13.2 Å². The number of aliphatic hydroxyl groups is 1. The molecule has 3 rings (SSSR count). The molecule has 6 nitrogen and oxygen atoms in total. The molecule has 1 aromatic heterocycles. The van der Waals surface area contributed by atoms with Crippen LogP contribution in [-0.2, 0) is 6.54 Å². The van der Waals surface area contributed by atoms with Crippen molar-refractivity contribution < 1.29 is 5.11 Å². The normalized spacial score (nSPS) is 26.3. The van der Waals surface area contributed by atoms with E-state index in [2.05, 4.69) is 20.4 Å². The average Bonchev–Trinajstić information content (AvgIpc) is 3.11. The van der Waals surface area contributed by atoms with E-state index in [-0.39, 0.29) is 0 Å². The quantitative estimate of drug-likeness (QED) is 0.811. The molecule has 1 aliphatic heterocycles. The Morgan fingerprint density at radius 2 is 2.18 bits per heavy atom. The van der Waals surface area contributed by atoms with E-state index in [9.17, 15) is 5.11 Å². The third kappa shape index (κ3) is 2.47. The van der Waals surface area contributed by atoms with Crippen molar-refractivity contribution in [1.82, 2.24) is 25.1 Å². The minimum Gasteiger partial charge on any atom is -0.396 e. The maximum atomic E-state index is 9.22. The zero-order valence-electron chi connectivity index (χ0n) is 9.99. The SMILES string of the molecule is OCC1CCCN(Cc2nnnn2C2CC2)C1. The van der Waals surface area contributed by atoms with E-state index in [0.717, 1.165) is 38.3 Å². The van der Waals surface area contributed by atoms with Crippen molar-refractivity contribution in [2.24, 2.45) is 5.92 Å². The molecule has 0 amide bonds. The lowest BCUT2D eigenvalue weighted by Crippen LogP contribution is -2.37. The molecular formula is C11H19N5O. The first kappa shape index (κ1) is 11.1. The third-order valence-electron chi connectivity index (χ3n) is 3.68. The first-order valence-corrected chi connectivity index (χ1v) is 6.47. The number of aromatic nitrogens is 4. The van der Waals surface area contributed by atoms with Crippen LogP contribution in [0, 0.1) is 5.92 Å². The Kier molecular flexibility index (Phi) is 3.07. The van der Waals surface area contributed by atoms with E-state index in [1.165, 1.54) is 12.8 Å². The highest BCUT2D eigenvalue weighted by molar-refractivity contribution is 4.91. The monoisotopic (exact) mass is 237 g/mol. The minimum atomic E-state index is 0.296. The Labute approximate surface area is 101 Å². The lowest BCUT2D eigenvalue weighted by Gasteiger charge is -2.31. The predicted molar refractivity (Wildman–Crippen MR) is 61.2 cm³/mol. The minimum absolute atomic E-state index is 0.296. The molecule has 2 heterocycles. The van der Waals surface area contributed by atoms with E-state index in [4.69, 9.17) is 0 Å². The van der Waals surface area contributed by atoms with Gasteiger partial charge in [-0.05, 0) is 48.6 Å². The summed E-state index contributed by atoms with van der Waals surface area (Å²) in [7, 11) is 0. The van der Waals surface area contributed by atoms with Gasteiger partial charge >= 0.3 is 0 Å². The van der Waals surface area contributed by atoms with Gasteiger partial charge in [-0.2, -0.15) is 0 Å². The second kappa shape index (κ2) is 4.70. The van der Waals surface area contributed by atoms with Crippen molar-refractivity contribution >= 4 is 0 Å². The number of hydrogen-bond donors (Lipinski definition) is 1. The van der Waals surface area contributed by atoms with Crippen LogP contribution >= 0.6 is 0 Å². The second-order valence-corrected chi connectivity index (χ2v) is 5.20. The first-order valence-electron chi connectivity index (χ1n) is 6.47. The van der Waals surface area contributed by atoms with Gasteiger partial charge in [-0.1, -0.05) is 0 Å². The molecule has 1 unspecified atom stereocenters. The molecule has 1 saturated carbocycles. The van der Waals surface area contributed by atoms with Crippen LogP contribution < -0.4 is 0 Å². The van der Waals surface area contributed by atoms with E-state index >= 15 is 0 Å². The van der Waals surface area contributed by atoms with Gasteiger partial charge in [0.2, 0.25) is 0 Å². The number of rotatable bonds is 4. The highest BCUT2D eigenvalue weighted by Gasteiger charge is 2.29. The van der Waals surface area contributed by atoms with Crippen LogP contribution in [0.2, 0.25) is 0 Å². The maximum Gasteiger partial charge on any atom is 0.165 e. The lowest BCUT2D eigenvalue weighted by molar-refractivity contribution is 0.112. The molecule has 1 saturated heterocycles.